The molecule has 0 saturated heterocycles. The first-order valence-electron chi connectivity index (χ1n) is 6.53. The lowest BCUT2D eigenvalue weighted by Crippen LogP contribution is -2.23. The van der Waals surface area contributed by atoms with E-state index in [-0.39, 0.29) is 11.1 Å². The third-order valence-electron chi connectivity index (χ3n) is 3.71. The van der Waals surface area contributed by atoms with E-state index in [4.69, 9.17) is 0 Å². The molecule has 3 nitrogen and oxygen atoms in total. The Morgan fingerprint density at radius 2 is 1.79 bits per heavy atom. The highest BCUT2D eigenvalue weighted by atomic mass is 16.1. The van der Waals surface area contributed by atoms with Gasteiger partial charge in [0.25, 0.3) is 0 Å². The first-order valence-corrected chi connectivity index (χ1v) is 6.53. The number of nitrogens with one attached hydrogen (secondary N) is 1. The van der Waals surface area contributed by atoms with E-state index in [1.807, 2.05) is 18.2 Å². The number of rotatable bonds is 0. The summed E-state index contributed by atoms with van der Waals surface area (Å²) in [5.74, 6) is 0. The summed E-state index contributed by atoms with van der Waals surface area (Å²) in [7, 11) is 0. The van der Waals surface area contributed by atoms with Crippen LogP contribution in [0.15, 0.2) is 35.1 Å². The van der Waals surface area contributed by atoms with Crippen LogP contribution in [0.5, 0.6) is 0 Å². The molecule has 0 aliphatic carbocycles. The van der Waals surface area contributed by atoms with Crippen molar-refractivity contribution in [2.75, 3.05) is 0 Å². The molecule has 3 rings (SSSR count). The van der Waals surface area contributed by atoms with Crippen molar-refractivity contribution in [2.45, 2.75) is 33.1 Å². The van der Waals surface area contributed by atoms with Gasteiger partial charge in [0.2, 0.25) is 0 Å². The van der Waals surface area contributed by atoms with Gasteiger partial charge in [-0.3, -0.25) is 4.40 Å². The Bertz CT molecular complexity index is 831. The van der Waals surface area contributed by atoms with Crippen molar-refractivity contribution in [1.82, 2.24) is 9.38 Å². The summed E-state index contributed by atoms with van der Waals surface area (Å²) < 4.78 is 1.76. The second-order valence-electron chi connectivity index (χ2n) is 6.10. The van der Waals surface area contributed by atoms with E-state index in [0.29, 0.717) is 0 Å². The monoisotopic (exact) mass is 254 g/mol. The average Bonchev–Trinajstić information content (AvgIpc) is 2.63. The van der Waals surface area contributed by atoms with E-state index in [2.05, 4.69) is 44.8 Å². The third kappa shape index (κ3) is 1.69. The minimum absolute atomic E-state index is 0.0632. The maximum Gasteiger partial charge on any atom is 0.330 e. The lowest BCUT2D eigenvalue weighted by molar-refractivity contribution is 0.564. The van der Waals surface area contributed by atoms with Gasteiger partial charge in [0.05, 0.1) is 11.0 Å². The molecule has 0 atom stereocenters. The molecule has 19 heavy (non-hydrogen) atoms. The van der Waals surface area contributed by atoms with Crippen LogP contribution < -0.4 is 5.69 Å². The lowest BCUT2D eigenvalue weighted by atomic mass is 9.91. The molecule has 0 spiro atoms. The molecule has 0 amide bonds. The zero-order valence-electron chi connectivity index (χ0n) is 11.7. The highest BCUT2D eigenvalue weighted by Gasteiger charge is 2.18. The van der Waals surface area contributed by atoms with E-state index < -0.39 is 0 Å². The standard InChI is InChI=1S/C16H18N2O/c1-10-11-7-5-6-8-12(11)18-13(10)9-14(16(2,3)4)17-15(18)19/h5-9H,1-4H3,(H,17,19). The van der Waals surface area contributed by atoms with Crippen LogP contribution in [0.2, 0.25) is 0 Å². The quantitative estimate of drug-likeness (QED) is 0.656. The third-order valence-corrected chi connectivity index (χ3v) is 3.71. The number of aromatic amines is 1. The molecule has 1 N–H and O–H groups in total. The summed E-state index contributed by atoms with van der Waals surface area (Å²) in [5.41, 5.74) is 3.96. The van der Waals surface area contributed by atoms with E-state index in [1.165, 1.54) is 0 Å². The molecule has 0 aliphatic heterocycles. The molecule has 1 aromatic carbocycles. The van der Waals surface area contributed by atoms with Gasteiger partial charge >= 0.3 is 5.69 Å². The second kappa shape index (κ2) is 3.73. The van der Waals surface area contributed by atoms with Crippen LogP contribution in [0.3, 0.4) is 0 Å². The Morgan fingerprint density at radius 3 is 2.47 bits per heavy atom. The summed E-state index contributed by atoms with van der Waals surface area (Å²) in [5, 5.41) is 1.14. The number of H-pyrrole nitrogens is 1. The van der Waals surface area contributed by atoms with Gasteiger partial charge in [0.15, 0.2) is 0 Å². The zero-order chi connectivity index (χ0) is 13.8. The van der Waals surface area contributed by atoms with E-state index in [9.17, 15) is 4.79 Å². The van der Waals surface area contributed by atoms with Crippen LogP contribution in [-0.4, -0.2) is 9.38 Å². The SMILES string of the molecule is Cc1c2ccccc2n2c(=O)[nH]c(C(C)(C)C)cc12. The normalized spacial score (nSPS) is 12.4. The Hall–Kier alpha value is -2.03. The van der Waals surface area contributed by atoms with Crippen molar-refractivity contribution in [3.8, 4) is 0 Å². The molecular formula is C16H18N2O. The van der Waals surface area contributed by atoms with E-state index in [0.717, 1.165) is 27.7 Å². The highest BCUT2D eigenvalue weighted by Crippen LogP contribution is 2.27. The number of nitrogens with zero attached hydrogens (tertiary/aromatic N) is 1. The molecular weight excluding hydrogens is 236 g/mol. The molecule has 3 aromatic rings. The van der Waals surface area contributed by atoms with Gasteiger partial charge in [-0.2, -0.15) is 0 Å². The molecule has 0 saturated carbocycles. The number of para-hydroxylation sites is 1. The van der Waals surface area contributed by atoms with Gasteiger partial charge in [0.1, 0.15) is 0 Å². The fraction of sp³-hybridized carbons (Fsp3) is 0.312. The number of aryl methyl sites for hydroxylation is 1. The van der Waals surface area contributed by atoms with Crippen LogP contribution in [0.25, 0.3) is 16.4 Å². The highest BCUT2D eigenvalue weighted by molar-refractivity contribution is 5.91. The van der Waals surface area contributed by atoms with Crippen LogP contribution in [0, 0.1) is 6.92 Å². The molecule has 0 bridgehead atoms. The molecule has 2 heterocycles. The summed E-state index contributed by atoms with van der Waals surface area (Å²) in [6.45, 7) is 8.38. The van der Waals surface area contributed by atoms with E-state index in [1.54, 1.807) is 4.40 Å². The van der Waals surface area contributed by atoms with Crippen molar-refractivity contribution < 1.29 is 0 Å². The van der Waals surface area contributed by atoms with Crippen molar-refractivity contribution in [3.05, 3.63) is 52.1 Å². The molecule has 0 radical (unpaired) electrons. The summed E-state index contributed by atoms with van der Waals surface area (Å²) in [6, 6.07) is 10.1. The van der Waals surface area contributed by atoms with Gasteiger partial charge in [-0.1, -0.05) is 39.0 Å². The number of hydrogen-bond donors (Lipinski definition) is 1. The lowest BCUT2D eigenvalue weighted by Gasteiger charge is -2.18. The molecule has 0 fully saturated rings. The van der Waals surface area contributed by atoms with Crippen molar-refractivity contribution in [1.29, 1.82) is 0 Å². The summed E-state index contributed by atoms with van der Waals surface area (Å²) >= 11 is 0. The zero-order valence-corrected chi connectivity index (χ0v) is 11.7. The van der Waals surface area contributed by atoms with E-state index >= 15 is 0 Å². The van der Waals surface area contributed by atoms with Gasteiger partial charge in [-0.15, -0.1) is 0 Å². The molecule has 0 aliphatic rings. The van der Waals surface area contributed by atoms with Gasteiger partial charge in [-0.05, 0) is 24.6 Å². The predicted octanol–water partition coefficient (Wildman–Crippen LogP) is 3.39. The predicted molar refractivity (Wildman–Crippen MR) is 79.0 cm³/mol. The maximum absolute atomic E-state index is 12.4. The molecule has 0 unspecified atom stereocenters. The Morgan fingerprint density at radius 1 is 1.11 bits per heavy atom. The molecule has 98 valence electrons. The van der Waals surface area contributed by atoms with Crippen molar-refractivity contribution >= 4 is 16.4 Å². The van der Waals surface area contributed by atoms with Crippen LogP contribution in [-0.2, 0) is 5.41 Å². The van der Waals surface area contributed by atoms with Crippen LogP contribution in [0.1, 0.15) is 32.0 Å². The topological polar surface area (TPSA) is 37.3 Å². The number of hydrogen-bond acceptors (Lipinski definition) is 1. The fourth-order valence-corrected chi connectivity index (χ4v) is 2.56. The largest absolute Gasteiger partial charge is 0.330 e. The number of fused-ring (bicyclic) bond motifs is 3. The maximum atomic E-state index is 12.4. The number of benzene rings is 1. The number of aromatic nitrogens is 2. The van der Waals surface area contributed by atoms with Crippen LogP contribution >= 0.6 is 0 Å². The first kappa shape index (κ1) is 12.0. The van der Waals surface area contributed by atoms with Gasteiger partial charge < -0.3 is 4.98 Å². The van der Waals surface area contributed by atoms with Crippen molar-refractivity contribution in [2.24, 2.45) is 0 Å². The minimum Gasteiger partial charge on any atom is -0.310 e. The summed E-state index contributed by atoms with van der Waals surface area (Å²) in [4.78, 5) is 15.4. The van der Waals surface area contributed by atoms with Gasteiger partial charge in [-0.25, -0.2) is 4.79 Å². The molecule has 3 heteroatoms. The molecule has 2 aromatic heterocycles. The smallest absolute Gasteiger partial charge is 0.310 e. The summed E-state index contributed by atoms with van der Waals surface area (Å²) in [6.07, 6.45) is 0. The van der Waals surface area contributed by atoms with Gasteiger partial charge in [0, 0.05) is 16.5 Å². The second-order valence-corrected chi connectivity index (χ2v) is 6.10. The Kier molecular flexibility index (Phi) is 2.36. The minimum atomic E-state index is -0.0657. The van der Waals surface area contributed by atoms with Crippen molar-refractivity contribution in [3.63, 3.8) is 0 Å². The Balaban J connectivity index is 2.54. The average molecular weight is 254 g/mol. The fourth-order valence-electron chi connectivity index (χ4n) is 2.56. The first-order chi connectivity index (χ1) is 8.89. The Labute approximate surface area is 111 Å². The van der Waals surface area contributed by atoms with Crippen LogP contribution in [0.4, 0.5) is 0 Å².